The van der Waals surface area contributed by atoms with Crippen molar-refractivity contribution in [3.63, 3.8) is 0 Å². The summed E-state index contributed by atoms with van der Waals surface area (Å²) in [5, 5.41) is 10.7. The van der Waals surface area contributed by atoms with Gasteiger partial charge >= 0.3 is 6.09 Å². The molecule has 0 aliphatic rings. The van der Waals surface area contributed by atoms with E-state index in [0.29, 0.717) is 6.54 Å². The first-order valence-corrected chi connectivity index (χ1v) is 6.44. The Morgan fingerprint density at radius 3 is 2.69 bits per heavy atom. The Labute approximate surface area is 100 Å². The van der Waals surface area contributed by atoms with Gasteiger partial charge in [-0.3, -0.25) is 0 Å². The van der Waals surface area contributed by atoms with Crippen LogP contribution in [0.1, 0.15) is 17.5 Å². The molecular weight excluding hydrogens is 222 g/mol. The Hall–Kier alpha value is -1.16. The minimum Gasteiger partial charge on any atom is -0.465 e. The number of benzene rings is 1. The molecule has 1 rings (SSSR count). The van der Waals surface area contributed by atoms with E-state index in [1.165, 1.54) is 11.1 Å². The van der Waals surface area contributed by atoms with Crippen LogP contribution in [-0.4, -0.2) is 23.5 Å². The van der Waals surface area contributed by atoms with Crippen LogP contribution >= 0.6 is 11.8 Å². The summed E-state index contributed by atoms with van der Waals surface area (Å²) in [5.74, 6) is 1.97. The molecule has 0 aromatic heterocycles. The number of aryl methyl sites for hydroxylation is 1. The molecule has 1 amide bonds. The normalized spacial score (nSPS) is 10.1. The first kappa shape index (κ1) is 12.9. The van der Waals surface area contributed by atoms with Crippen LogP contribution in [-0.2, 0) is 5.75 Å². The third-order valence-corrected chi connectivity index (χ3v) is 3.25. The maximum absolute atomic E-state index is 10.2. The van der Waals surface area contributed by atoms with Gasteiger partial charge in [-0.2, -0.15) is 11.8 Å². The predicted molar refractivity (Wildman–Crippen MR) is 68.0 cm³/mol. The average molecular weight is 239 g/mol. The molecule has 0 bridgehead atoms. The Bertz CT molecular complexity index is 324. The maximum Gasteiger partial charge on any atom is 0.404 e. The van der Waals surface area contributed by atoms with E-state index in [-0.39, 0.29) is 0 Å². The van der Waals surface area contributed by atoms with Crippen LogP contribution in [0.5, 0.6) is 0 Å². The third kappa shape index (κ3) is 5.66. The van der Waals surface area contributed by atoms with E-state index < -0.39 is 6.09 Å². The molecule has 1 aromatic carbocycles. The molecule has 0 saturated heterocycles. The summed E-state index contributed by atoms with van der Waals surface area (Å²) in [6.45, 7) is 2.62. The monoisotopic (exact) mass is 239 g/mol. The minimum absolute atomic E-state index is 0.538. The van der Waals surface area contributed by atoms with Crippen molar-refractivity contribution in [2.75, 3.05) is 12.3 Å². The van der Waals surface area contributed by atoms with E-state index in [9.17, 15) is 4.79 Å². The Kier molecular flexibility index (Phi) is 5.78. The van der Waals surface area contributed by atoms with Gasteiger partial charge in [0.1, 0.15) is 0 Å². The van der Waals surface area contributed by atoms with E-state index in [1.807, 2.05) is 11.8 Å². The highest BCUT2D eigenvalue weighted by Crippen LogP contribution is 2.13. The van der Waals surface area contributed by atoms with E-state index in [1.54, 1.807) is 0 Å². The summed E-state index contributed by atoms with van der Waals surface area (Å²) >= 11 is 1.83. The summed E-state index contributed by atoms with van der Waals surface area (Å²) in [6, 6.07) is 8.50. The van der Waals surface area contributed by atoms with Crippen molar-refractivity contribution in [1.29, 1.82) is 0 Å². The molecule has 88 valence electrons. The summed E-state index contributed by atoms with van der Waals surface area (Å²) < 4.78 is 0. The molecule has 4 heteroatoms. The van der Waals surface area contributed by atoms with Crippen LogP contribution < -0.4 is 5.32 Å². The van der Waals surface area contributed by atoms with Crippen LogP contribution in [0.3, 0.4) is 0 Å². The Morgan fingerprint density at radius 2 is 2.06 bits per heavy atom. The zero-order valence-electron chi connectivity index (χ0n) is 9.40. The first-order chi connectivity index (χ1) is 7.68. The molecule has 0 atom stereocenters. The molecule has 0 spiro atoms. The number of carbonyl (C=O) groups is 1. The molecular formula is C12H17NO2S. The van der Waals surface area contributed by atoms with E-state index in [2.05, 4.69) is 36.5 Å². The predicted octanol–water partition coefficient (Wildman–Crippen LogP) is 2.89. The molecule has 2 N–H and O–H groups in total. The standard InChI is InChI=1S/C12H17NO2S/c1-10-3-5-11(6-4-10)9-16-8-2-7-13-12(14)15/h3-6,13H,2,7-9H2,1H3,(H,14,15). The molecule has 0 radical (unpaired) electrons. The highest BCUT2D eigenvalue weighted by atomic mass is 32.2. The van der Waals surface area contributed by atoms with Gasteiger partial charge < -0.3 is 10.4 Å². The van der Waals surface area contributed by atoms with Gasteiger partial charge in [-0.1, -0.05) is 29.8 Å². The minimum atomic E-state index is -0.941. The molecule has 16 heavy (non-hydrogen) atoms. The second-order valence-corrected chi connectivity index (χ2v) is 4.73. The van der Waals surface area contributed by atoms with E-state index >= 15 is 0 Å². The van der Waals surface area contributed by atoms with Gasteiger partial charge in [-0.15, -0.1) is 0 Å². The molecule has 0 aliphatic carbocycles. The Balaban J connectivity index is 2.07. The van der Waals surface area contributed by atoms with Crippen molar-refractivity contribution in [2.45, 2.75) is 19.1 Å². The van der Waals surface area contributed by atoms with Crippen LogP contribution in [0.25, 0.3) is 0 Å². The van der Waals surface area contributed by atoms with Gasteiger partial charge in [0.2, 0.25) is 0 Å². The molecule has 0 saturated carbocycles. The molecule has 0 fully saturated rings. The number of thioether (sulfide) groups is 1. The van der Waals surface area contributed by atoms with Gasteiger partial charge in [-0.25, -0.2) is 4.79 Å². The number of rotatable bonds is 6. The van der Waals surface area contributed by atoms with Gasteiger partial charge in [0, 0.05) is 12.3 Å². The van der Waals surface area contributed by atoms with Gasteiger partial charge in [0.15, 0.2) is 0 Å². The van der Waals surface area contributed by atoms with Gasteiger partial charge in [-0.05, 0) is 24.7 Å². The van der Waals surface area contributed by atoms with Crippen LogP contribution in [0, 0.1) is 6.92 Å². The molecule has 0 heterocycles. The van der Waals surface area contributed by atoms with E-state index in [4.69, 9.17) is 5.11 Å². The summed E-state index contributed by atoms with van der Waals surface area (Å²) in [7, 11) is 0. The lowest BCUT2D eigenvalue weighted by Gasteiger charge is -2.03. The van der Waals surface area contributed by atoms with Crippen molar-refractivity contribution in [1.82, 2.24) is 5.32 Å². The lowest BCUT2D eigenvalue weighted by molar-refractivity contribution is 0.194. The SMILES string of the molecule is Cc1ccc(CSCCCNC(=O)O)cc1. The largest absolute Gasteiger partial charge is 0.465 e. The van der Waals surface area contributed by atoms with Crippen molar-refractivity contribution >= 4 is 17.9 Å². The van der Waals surface area contributed by atoms with Crippen molar-refractivity contribution in [3.8, 4) is 0 Å². The molecule has 1 aromatic rings. The smallest absolute Gasteiger partial charge is 0.404 e. The summed E-state index contributed by atoms with van der Waals surface area (Å²) in [5.41, 5.74) is 2.60. The number of hydrogen-bond donors (Lipinski definition) is 2. The van der Waals surface area contributed by atoms with Crippen molar-refractivity contribution in [3.05, 3.63) is 35.4 Å². The topological polar surface area (TPSA) is 49.3 Å². The van der Waals surface area contributed by atoms with Crippen molar-refractivity contribution in [2.24, 2.45) is 0 Å². The lowest BCUT2D eigenvalue weighted by atomic mass is 10.2. The number of carboxylic acid groups (broad SMARTS) is 1. The zero-order chi connectivity index (χ0) is 11.8. The quantitative estimate of drug-likeness (QED) is 0.750. The summed E-state index contributed by atoms with van der Waals surface area (Å²) in [4.78, 5) is 10.2. The summed E-state index contributed by atoms with van der Waals surface area (Å²) in [6.07, 6.45) is -0.0634. The van der Waals surface area contributed by atoms with E-state index in [0.717, 1.165) is 17.9 Å². The van der Waals surface area contributed by atoms with Crippen LogP contribution in [0.2, 0.25) is 0 Å². The fraction of sp³-hybridized carbons (Fsp3) is 0.417. The third-order valence-electron chi connectivity index (χ3n) is 2.13. The van der Waals surface area contributed by atoms with Crippen LogP contribution in [0.15, 0.2) is 24.3 Å². The molecule has 0 aliphatic heterocycles. The first-order valence-electron chi connectivity index (χ1n) is 5.28. The average Bonchev–Trinajstić information content (AvgIpc) is 2.25. The molecule has 0 unspecified atom stereocenters. The molecule has 3 nitrogen and oxygen atoms in total. The highest BCUT2D eigenvalue weighted by Gasteiger charge is 1.95. The van der Waals surface area contributed by atoms with Crippen molar-refractivity contribution < 1.29 is 9.90 Å². The number of nitrogens with one attached hydrogen (secondary N) is 1. The zero-order valence-corrected chi connectivity index (χ0v) is 10.2. The fourth-order valence-electron chi connectivity index (χ4n) is 1.24. The number of hydrogen-bond acceptors (Lipinski definition) is 2. The fourth-order valence-corrected chi connectivity index (χ4v) is 2.16. The number of amides is 1. The highest BCUT2D eigenvalue weighted by molar-refractivity contribution is 7.98. The van der Waals surface area contributed by atoms with Crippen LogP contribution in [0.4, 0.5) is 4.79 Å². The lowest BCUT2D eigenvalue weighted by Crippen LogP contribution is -2.22. The second kappa shape index (κ2) is 7.17. The maximum atomic E-state index is 10.2. The van der Waals surface area contributed by atoms with Gasteiger partial charge in [0.25, 0.3) is 0 Å². The second-order valence-electron chi connectivity index (χ2n) is 3.62. The van der Waals surface area contributed by atoms with Gasteiger partial charge in [0.05, 0.1) is 0 Å². The Morgan fingerprint density at radius 1 is 1.38 bits per heavy atom.